The molecule has 3 saturated carbocycles. The van der Waals surface area contributed by atoms with Gasteiger partial charge in [-0.25, -0.2) is 4.79 Å². The molecule has 16 heavy (non-hydrogen) atoms. The number of rotatable bonds is 4. The van der Waals surface area contributed by atoms with Gasteiger partial charge in [-0.3, -0.25) is 0 Å². The van der Waals surface area contributed by atoms with Crippen LogP contribution in [-0.4, -0.2) is 30.2 Å². The number of ether oxygens (including phenoxy) is 2. The molecule has 4 heteroatoms. The quantitative estimate of drug-likeness (QED) is 0.448. The van der Waals surface area contributed by atoms with Crippen molar-refractivity contribution >= 4 is 28.6 Å². The number of carbonyl (C=O) groups is 1. The molecule has 0 heterocycles. The van der Waals surface area contributed by atoms with E-state index in [1.165, 1.54) is 30.8 Å². The summed E-state index contributed by atoms with van der Waals surface area (Å²) in [5.74, 6) is 2.08. The SMILES string of the molecule is COC(=O)COC1C2CC3C1CC3(CI)C2. The van der Waals surface area contributed by atoms with E-state index in [-0.39, 0.29) is 12.6 Å². The first-order valence-electron chi connectivity index (χ1n) is 5.94. The topological polar surface area (TPSA) is 35.5 Å². The van der Waals surface area contributed by atoms with Crippen LogP contribution in [0.25, 0.3) is 0 Å². The number of halogens is 1. The lowest BCUT2D eigenvalue weighted by molar-refractivity contribution is -0.160. The minimum atomic E-state index is -0.248. The maximum Gasteiger partial charge on any atom is 0.331 e. The first-order chi connectivity index (χ1) is 7.70. The lowest BCUT2D eigenvalue weighted by atomic mass is 9.53. The molecule has 90 valence electrons. The molecule has 5 unspecified atom stereocenters. The fourth-order valence-electron chi connectivity index (χ4n) is 4.28. The molecule has 3 aliphatic carbocycles. The number of hydrogen-bond donors (Lipinski definition) is 0. The van der Waals surface area contributed by atoms with Crippen molar-refractivity contribution in [1.29, 1.82) is 0 Å². The van der Waals surface area contributed by atoms with Crippen LogP contribution in [0.4, 0.5) is 0 Å². The van der Waals surface area contributed by atoms with Crippen molar-refractivity contribution in [3.8, 4) is 0 Å². The minimum Gasteiger partial charge on any atom is -0.467 e. The molecule has 0 spiro atoms. The van der Waals surface area contributed by atoms with E-state index in [0.29, 0.717) is 17.4 Å². The van der Waals surface area contributed by atoms with Crippen molar-refractivity contribution in [2.24, 2.45) is 23.2 Å². The standard InChI is InChI=1S/C12H17IO3/c1-15-10(14)5-16-11-7-2-9-8(11)4-12(9,3-7)6-13/h7-9,11H,2-6H2,1H3. The Labute approximate surface area is 109 Å². The zero-order valence-electron chi connectivity index (χ0n) is 9.45. The molecular formula is C12H17IO3. The molecule has 0 aromatic heterocycles. The van der Waals surface area contributed by atoms with Crippen LogP contribution in [0.2, 0.25) is 0 Å². The predicted octanol–water partition coefficient (Wildman–Crippen LogP) is 2.03. The van der Waals surface area contributed by atoms with Crippen LogP contribution >= 0.6 is 22.6 Å². The molecule has 0 aromatic carbocycles. The van der Waals surface area contributed by atoms with Gasteiger partial charge in [0.15, 0.2) is 0 Å². The van der Waals surface area contributed by atoms with Crippen molar-refractivity contribution in [2.75, 3.05) is 18.1 Å². The van der Waals surface area contributed by atoms with Crippen LogP contribution in [0.15, 0.2) is 0 Å². The van der Waals surface area contributed by atoms with E-state index in [2.05, 4.69) is 27.3 Å². The second kappa shape index (κ2) is 3.83. The highest BCUT2D eigenvalue weighted by molar-refractivity contribution is 14.1. The van der Waals surface area contributed by atoms with Crippen LogP contribution in [0.3, 0.4) is 0 Å². The van der Waals surface area contributed by atoms with Gasteiger partial charge in [0.2, 0.25) is 0 Å². The Balaban J connectivity index is 1.60. The van der Waals surface area contributed by atoms with Gasteiger partial charge in [0, 0.05) is 4.43 Å². The van der Waals surface area contributed by atoms with Gasteiger partial charge in [-0.15, -0.1) is 0 Å². The molecule has 5 atom stereocenters. The first-order valence-corrected chi connectivity index (χ1v) is 7.47. The van der Waals surface area contributed by atoms with Gasteiger partial charge in [0.05, 0.1) is 13.2 Å². The fraction of sp³-hybridized carbons (Fsp3) is 0.917. The lowest BCUT2D eigenvalue weighted by Crippen LogP contribution is -2.53. The maximum atomic E-state index is 11.1. The Hall–Kier alpha value is 0.160. The third-order valence-corrected chi connectivity index (χ3v) is 6.46. The Bertz CT molecular complexity index is 317. The van der Waals surface area contributed by atoms with E-state index in [1.807, 2.05) is 0 Å². The van der Waals surface area contributed by atoms with E-state index in [0.717, 1.165) is 11.8 Å². The largest absolute Gasteiger partial charge is 0.467 e. The van der Waals surface area contributed by atoms with Crippen LogP contribution in [0, 0.1) is 23.2 Å². The van der Waals surface area contributed by atoms with E-state index in [1.54, 1.807) is 0 Å². The van der Waals surface area contributed by atoms with Crippen LogP contribution in [0.5, 0.6) is 0 Å². The Kier molecular flexibility index (Phi) is 2.70. The number of fused-ring (bicyclic) bond motifs is 1. The molecular weight excluding hydrogens is 319 g/mol. The molecule has 0 amide bonds. The summed E-state index contributed by atoms with van der Waals surface area (Å²) in [7, 11) is 1.41. The number of alkyl halides is 1. The van der Waals surface area contributed by atoms with Gasteiger partial charge in [0.1, 0.15) is 6.61 Å². The summed E-state index contributed by atoms with van der Waals surface area (Å²) < 4.78 is 11.7. The monoisotopic (exact) mass is 336 g/mol. The molecule has 0 radical (unpaired) electrons. The zero-order valence-corrected chi connectivity index (χ0v) is 11.6. The van der Waals surface area contributed by atoms with Crippen molar-refractivity contribution in [3.05, 3.63) is 0 Å². The van der Waals surface area contributed by atoms with E-state index in [4.69, 9.17) is 4.74 Å². The molecule has 0 aliphatic heterocycles. The number of esters is 1. The minimum absolute atomic E-state index is 0.137. The van der Waals surface area contributed by atoms with Crippen LogP contribution in [0.1, 0.15) is 19.3 Å². The van der Waals surface area contributed by atoms with Crippen molar-refractivity contribution in [1.82, 2.24) is 0 Å². The van der Waals surface area contributed by atoms with Gasteiger partial charge in [-0.2, -0.15) is 0 Å². The molecule has 0 N–H and O–H groups in total. The highest BCUT2D eigenvalue weighted by atomic mass is 127. The summed E-state index contributed by atoms with van der Waals surface area (Å²) in [6.07, 6.45) is 4.32. The Morgan fingerprint density at radius 2 is 2.31 bits per heavy atom. The van der Waals surface area contributed by atoms with Gasteiger partial charge < -0.3 is 9.47 Å². The smallest absolute Gasteiger partial charge is 0.331 e. The summed E-state index contributed by atoms with van der Waals surface area (Å²) in [6.45, 7) is 0.137. The summed E-state index contributed by atoms with van der Waals surface area (Å²) >= 11 is 2.53. The van der Waals surface area contributed by atoms with Crippen molar-refractivity contribution in [2.45, 2.75) is 25.4 Å². The summed E-state index contributed by atoms with van der Waals surface area (Å²) in [5, 5.41) is 0. The zero-order chi connectivity index (χ0) is 11.3. The molecule has 3 aliphatic rings. The molecule has 2 bridgehead atoms. The Morgan fingerprint density at radius 3 is 2.88 bits per heavy atom. The van der Waals surface area contributed by atoms with Crippen molar-refractivity contribution < 1.29 is 14.3 Å². The molecule has 0 aromatic rings. The first kappa shape index (κ1) is 11.3. The highest BCUT2D eigenvalue weighted by Gasteiger charge is 2.68. The summed E-state index contributed by atoms with van der Waals surface area (Å²) in [6, 6.07) is 0. The van der Waals surface area contributed by atoms with Crippen LogP contribution in [-0.2, 0) is 14.3 Å². The second-order valence-corrected chi connectivity index (χ2v) is 6.28. The van der Waals surface area contributed by atoms with Crippen molar-refractivity contribution in [3.63, 3.8) is 0 Å². The summed E-state index contributed by atoms with van der Waals surface area (Å²) in [5.41, 5.74) is 0.654. The molecule has 0 saturated heterocycles. The Morgan fingerprint density at radius 1 is 1.50 bits per heavy atom. The molecule has 3 fully saturated rings. The van der Waals surface area contributed by atoms with Gasteiger partial charge in [-0.1, -0.05) is 22.6 Å². The van der Waals surface area contributed by atoms with Crippen LogP contribution < -0.4 is 0 Å². The number of carbonyl (C=O) groups excluding carboxylic acids is 1. The third-order valence-electron chi connectivity index (χ3n) is 4.95. The van der Waals surface area contributed by atoms with E-state index >= 15 is 0 Å². The fourth-order valence-corrected chi connectivity index (χ4v) is 5.47. The number of hydrogen-bond acceptors (Lipinski definition) is 3. The average Bonchev–Trinajstić information content (AvgIpc) is 2.74. The highest BCUT2D eigenvalue weighted by Crippen LogP contribution is 2.71. The second-order valence-electron chi connectivity index (χ2n) is 5.52. The number of methoxy groups -OCH3 is 1. The van der Waals surface area contributed by atoms with Gasteiger partial charge >= 0.3 is 5.97 Å². The summed E-state index contributed by atoms with van der Waals surface area (Å²) in [4.78, 5) is 11.1. The average molecular weight is 336 g/mol. The molecule has 3 nitrogen and oxygen atoms in total. The molecule has 3 rings (SSSR count). The lowest BCUT2D eigenvalue weighted by Gasteiger charge is -2.55. The predicted molar refractivity (Wildman–Crippen MR) is 67.4 cm³/mol. The maximum absolute atomic E-state index is 11.1. The van der Waals surface area contributed by atoms with Gasteiger partial charge in [0.25, 0.3) is 0 Å². The normalized spacial score (nSPS) is 47.9. The third kappa shape index (κ3) is 1.38. The van der Waals surface area contributed by atoms with E-state index in [9.17, 15) is 4.79 Å². The van der Waals surface area contributed by atoms with Gasteiger partial charge in [-0.05, 0) is 42.4 Å². The van der Waals surface area contributed by atoms with E-state index < -0.39 is 0 Å².